The zero-order valence-corrected chi connectivity index (χ0v) is 13.6. The molecule has 0 aliphatic heterocycles. The van der Waals surface area contributed by atoms with E-state index in [1.807, 2.05) is 0 Å². The summed E-state index contributed by atoms with van der Waals surface area (Å²) in [6.07, 6.45) is 4.70. The van der Waals surface area contributed by atoms with Gasteiger partial charge in [0.2, 0.25) is 0 Å². The van der Waals surface area contributed by atoms with Gasteiger partial charge in [0.25, 0.3) is 11.4 Å². The number of nitro groups is 2. The second-order valence-corrected chi connectivity index (χ2v) is 6.44. The predicted molar refractivity (Wildman–Crippen MR) is 89.4 cm³/mol. The molecule has 122 valence electrons. The maximum absolute atomic E-state index is 11.0. The van der Waals surface area contributed by atoms with Crippen molar-refractivity contribution in [1.29, 1.82) is 0 Å². The summed E-state index contributed by atoms with van der Waals surface area (Å²) in [7, 11) is 0. The van der Waals surface area contributed by atoms with Gasteiger partial charge in [0.15, 0.2) is 0 Å². The lowest BCUT2D eigenvalue weighted by molar-refractivity contribution is -0.393. The van der Waals surface area contributed by atoms with E-state index in [1.165, 1.54) is 31.4 Å². The van der Waals surface area contributed by atoms with Gasteiger partial charge in [-0.05, 0) is 12.5 Å². The second-order valence-electron chi connectivity index (χ2n) is 5.01. The quantitative estimate of drug-likeness (QED) is 0.292. The zero-order valence-electron chi connectivity index (χ0n) is 12.8. The summed E-state index contributed by atoms with van der Waals surface area (Å²) in [5, 5.41) is 25.1. The molecule has 0 bridgehead atoms. The largest absolute Gasteiger partial charge is 0.370 e. The van der Waals surface area contributed by atoms with E-state index in [9.17, 15) is 20.2 Å². The molecule has 22 heavy (non-hydrogen) atoms. The lowest BCUT2D eigenvalue weighted by Gasteiger charge is -2.12. The summed E-state index contributed by atoms with van der Waals surface area (Å²) in [6, 6.07) is 3.64. The first-order valence-electron chi connectivity index (χ1n) is 7.24. The Morgan fingerprint density at radius 3 is 2.55 bits per heavy atom. The number of anilines is 1. The van der Waals surface area contributed by atoms with Crippen LogP contribution in [0.5, 0.6) is 0 Å². The first kappa shape index (κ1) is 18.2. The van der Waals surface area contributed by atoms with Crippen LogP contribution in [0.3, 0.4) is 0 Å². The average Bonchev–Trinajstić information content (AvgIpc) is 2.47. The number of non-ortho nitro benzene ring substituents is 1. The minimum atomic E-state index is -0.638. The molecule has 1 N–H and O–H groups in total. The molecule has 0 fully saturated rings. The number of nitro benzene ring substituents is 2. The number of benzene rings is 1. The highest BCUT2D eigenvalue weighted by atomic mass is 32.2. The van der Waals surface area contributed by atoms with Gasteiger partial charge >= 0.3 is 0 Å². The maximum Gasteiger partial charge on any atom is 0.299 e. The minimum absolute atomic E-state index is 0.270. The molecule has 0 heterocycles. The third-order valence-electron chi connectivity index (χ3n) is 3.23. The van der Waals surface area contributed by atoms with Crippen molar-refractivity contribution < 1.29 is 9.85 Å². The summed E-state index contributed by atoms with van der Waals surface area (Å²) in [4.78, 5) is 20.4. The molecule has 0 saturated heterocycles. The Hall–Kier alpha value is -1.83. The molecule has 1 aromatic rings. The van der Waals surface area contributed by atoms with E-state index in [-0.39, 0.29) is 11.4 Å². The standard InChI is InChI=1S/C14H21N3O4S/c1-3-4-5-6-11(2)22-10-15-13-8-7-12(16(18)19)9-14(13)17(20)21/h7-9,11,15H,3-6,10H2,1-2H3/t11-/m1/s1. The average molecular weight is 327 g/mol. The van der Waals surface area contributed by atoms with E-state index in [0.29, 0.717) is 16.8 Å². The molecule has 0 aliphatic carbocycles. The van der Waals surface area contributed by atoms with Crippen molar-refractivity contribution >= 4 is 28.8 Å². The third-order valence-corrected chi connectivity index (χ3v) is 4.35. The van der Waals surface area contributed by atoms with Crippen molar-refractivity contribution in [3.05, 3.63) is 38.4 Å². The van der Waals surface area contributed by atoms with E-state index >= 15 is 0 Å². The molecule has 0 radical (unpaired) electrons. The van der Waals surface area contributed by atoms with Crippen LogP contribution in [-0.4, -0.2) is 21.0 Å². The van der Waals surface area contributed by atoms with E-state index in [4.69, 9.17) is 0 Å². The van der Waals surface area contributed by atoms with Crippen LogP contribution in [0.1, 0.15) is 39.5 Å². The van der Waals surface area contributed by atoms with Crippen molar-refractivity contribution in [2.75, 3.05) is 11.2 Å². The Morgan fingerprint density at radius 1 is 1.23 bits per heavy atom. The van der Waals surface area contributed by atoms with Crippen molar-refractivity contribution in [2.24, 2.45) is 0 Å². The zero-order chi connectivity index (χ0) is 16.5. The molecular formula is C14H21N3O4S. The normalized spacial score (nSPS) is 11.9. The van der Waals surface area contributed by atoms with Crippen LogP contribution in [0.15, 0.2) is 18.2 Å². The highest BCUT2D eigenvalue weighted by molar-refractivity contribution is 7.99. The van der Waals surface area contributed by atoms with Crippen LogP contribution in [0, 0.1) is 20.2 Å². The molecule has 0 spiro atoms. The van der Waals surface area contributed by atoms with E-state index < -0.39 is 9.85 Å². The Labute approximate surface area is 133 Å². The van der Waals surface area contributed by atoms with Crippen LogP contribution >= 0.6 is 11.8 Å². The number of hydrogen-bond acceptors (Lipinski definition) is 6. The molecule has 7 nitrogen and oxygen atoms in total. The van der Waals surface area contributed by atoms with Crippen molar-refractivity contribution in [3.63, 3.8) is 0 Å². The fourth-order valence-electron chi connectivity index (χ4n) is 1.96. The van der Waals surface area contributed by atoms with Crippen LogP contribution in [0.25, 0.3) is 0 Å². The fraction of sp³-hybridized carbons (Fsp3) is 0.571. The number of rotatable bonds is 10. The molecule has 0 aromatic heterocycles. The lowest BCUT2D eigenvalue weighted by Crippen LogP contribution is -2.06. The van der Waals surface area contributed by atoms with Gasteiger partial charge < -0.3 is 5.32 Å². The molecule has 1 rings (SSSR count). The summed E-state index contributed by atoms with van der Waals surface area (Å²) >= 11 is 1.69. The molecule has 8 heteroatoms. The predicted octanol–water partition coefficient (Wildman–Crippen LogP) is 4.57. The second kappa shape index (κ2) is 9.24. The molecule has 0 aliphatic rings. The summed E-state index contributed by atoms with van der Waals surface area (Å²) in [5.41, 5.74) is -0.241. The van der Waals surface area contributed by atoms with Crippen molar-refractivity contribution in [3.8, 4) is 0 Å². The number of thioether (sulfide) groups is 1. The molecule has 0 amide bonds. The van der Waals surface area contributed by atoms with Crippen LogP contribution in [-0.2, 0) is 0 Å². The number of nitrogens with one attached hydrogen (secondary N) is 1. The fourth-order valence-corrected chi connectivity index (χ4v) is 2.82. The highest BCUT2D eigenvalue weighted by Crippen LogP contribution is 2.29. The first-order valence-corrected chi connectivity index (χ1v) is 8.28. The smallest absolute Gasteiger partial charge is 0.299 e. The molecule has 0 saturated carbocycles. The molecule has 0 unspecified atom stereocenters. The van der Waals surface area contributed by atoms with Crippen molar-refractivity contribution in [1.82, 2.24) is 0 Å². The summed E-state index contributed by atoms with van der Waals surface area (Å²) < 4.78 is 0. The van der Waals surface area contributed by atoms with Gasteiger partial charge in [0, 0.05) is 11.3 Å². The maximum atomic E-state index is 11.0. The van der Waals surface area contributed by atoms with Gasteiger partial charge in [-0.1, -0.05) is 33.1 Å². The summed E-state index contributed by atoms with van der Waals surface area (Å²) in [5.74, 6) is 0.534. The SMILES string of the molecule is CCCCC[C@@H](C)SCNc1ccc([N+](=O)[O-])cc1[N+](=O)[O-]. The van der Waals surface area contributed by atoms with E-state index in [1.54, 1.807) is 11.8 Å². The highest BCUT2D eigenvalue weighted by Gasteiger charge is 2.19. The number of hydrogen-bond donors (Lipinski definition) is 1. The van der Waals surface area contributed by atoms with Crippen LogP contribution < -0.4 is 5.32 Å². The van der Waals surface area contributed by atoms with Crippen molar-refractivity contribution in [2.45, 2.75) is 44.8 Å². The Balaban J connectivity index is 2.58. The number of unbranched alkanes of at least 4 members (excludes halogenated alkanes) is 2. The monoisotopic (exact) mass is 327 g/mol. The lowest BCUT2D eigenvalue weighted by atomic mass is 10.2. The van der Waals surface area contributed by atoms with Gasteiger partial charge in [0.05, 0.1) is 21.8 Å². The Morgan fingerprint density at radius 2 is 1.95 bits per heavy atom. The van der Waals surface area contributed by atoms with Crippen LogP contribution in [0.2, 0.25) is 0 Å². The summed E-state index contributed by atoms with van der Waals surface area (Å²) in [6.45, 7) is 4.29. The molecule has 1 atom stereocenters. The van der Waals surface area contributed by atoms with E-state index in [2.05, 4.69) is 19.2 Å². The molecular weight excluding hydrogens is 306 g/mol. The Kier molecular flexibility index (Phi) is 7.65. The Bertz CT molecular complexity index is 525. The van der Waals surface area contributed by atoms with Gasteiger partial charge in [-0.25, -0.2) is 0 Å². The van der Waals surface area contributed by atoms with Crippen LogP contribution in [0.4, 0.5) is 17.1 Å². The first-order chi connectivity index (χ1) is 10.5. The number of nitrogens with zero attached hydrogens (tertiary/aromatic N) is 2. The van der Waals surface area contributed by atoms with Gasteiger partial charge in [-0.2, -0.15) is 0 Å². The minimum Gasteiger partial charge on any atom is -0.370 e. The topological polar surface area (TPSA) is 98.3 Å². The van der Waals surface area contributed by atoms with E-state index in [0.717, 1.165) is 12.5 Å². The third kappa shape index (κ3) is 5.88. The van der Waals surface area contributed by atoms with Gasteiger partial charge in [-0.15, -0.1) is 11.8 Å². The van der Waals surface area contributed by atoms with Gasteiger partial charge in [0.1, 0.15) is 5.69 Å². The molecule has 1 aromatic carbocycles. The van der Waals surface area contributed by atoms with Gasteiger partial charge in [-0.3, -0.25) is 20.2 Å².